The van der Waals surface area contributed by atoms with Gasteiger partial charge in [-0.05, 0) is 29.8 Å². The van der Waals surface area contributed by atoms with Crippen molar-refractivity contribution in [3.8, 4) is 0 Å². The Labute approximate surface area is 186 Å². The molecule has 0 bridgehead atoms. The number of hydrogen-bond donors (Lipinski definition) is 2. The lowest BCUT2D eigenvalue weighted by atomic mass is 10.0. The van der Waals surface area contributed by atoms with Crippen molar-refractivity contribution in [3.63, 3.8) is 0 Å². The van der Waals surface area contributed by atoms with Gasteiger partial charge < -0.3 is 15.5 Å². The molecule has 7 heteroatoms. The number of nitrogens with zero attached hydrogens (tertiary/aromatic N) is 2. The monoisotopic (exact) mass is 428 g/mol. The van der Waals surface area contributed by atoms with Crippen molar-refractivity contribution < 1.29 is 14.4 Å². The zero-order valence-corrected chi connectivity index (χ0v) is 17.5. The smallest absolute Gasteiger partial charge is 0.247 e. The number of para-hydroxylation sites is 1. The Morgan fingerprint density at radius 1 is 1.00 bits per heavy atom. The number of pyridine rings is 1. The van der Waals surface area contributed by atoms with Crippen LogP contribution in [0, 0.1) is 5.92 Å². The highest BCUT2D eigenvalue weighted by atomic mass is 16.2. The number of carbonyl (C=O) groups is 3. The van der Waals surface area contributed by atoms with Crippen LogP contribution in [-0.4, -0.2) is 35.3 Å². The summed E-state index contributed by atoms with van der Waals surface area (Å²) in [5.74, 6) is -1.26. The van der Waals surface area contributed by atoms with Gasteiger partial charge in [0.05, 0.1) is 17.8 Å². The average Bonchev–Trinajstić information content (AvgIpc) is 3.22. The van der Waals surface area contributed by atoms with Gasteiger partial charge in [-0.15, -0.1) is 0 Å². The maximum absolute atomic E-state index is 13.0. The van der Waals surface area contributed by atoms with Crippen LogP contribution in [0.15, 0.2) is 85.2 Å². The Kier molecular flexibility index (Phi) is 6.55. The molecule has 1 aliphatic heterocycles. The molecular formula is C25H24N4O3. The Balaban J connectivity index is 1.47. The fraction of sp³-hybridized carbons (Fsp3) is 0.200. The molecule has 162 valence electrons. The molecule has 32 heavy (non-hydrogen) atoms. The van der Waals surface area contributed by atoms with Gasteiger partial charge in [0.1, 0.15) is 6.04 Å². The summed E-state index contributed by atoms with van der Waals surface area (Å²) in [4.78, 5) is 44.2. The molecule has 7 nitrogen and oxygen atoms in total. The number of anilines is 2. The summed E-state index contributed by atoms with van der Waals surface area (Å²) in [6.45, 7) is 0.289. The quantitative estimate of drug-likeness (QED) is 0.605. The molecule has 0 unspecified atom stereocenters. The van der Waals surface area contributed by atoms with Crippen LogP contribution in [0.1, 0.15) is 12.0 Å². The standard InChI is InChI=1S/C25H24N4O3/c30-23-15-19(17-29(23)21-11-5-2-6-12-21)24(31)28-22(14-18-8-3-1-4-9-18)25(32)27-20-10-7-13-26-16-20/h1-13,16,19,22H,14-15,17H2,(H,27,32)(H,28,31)/t19-,22+/m0/s1. The fourth-order valence-corrected chi connectivity index (χ4v) is 3.76. The zero-order valence-electron chi connectivity index (χ0n) is 17.5. The van der Waals surface area contributed by atoms with Crippen LogP contribution in [0.3, 0.4) is 0 Å². The van der Waals surface area contributed by atoms with Crippen molar-refractivity contribution in [1.29, 1.82) is 0 Å². The third-order valence-corrected chi connectivity index (χ3v) is 5.41. The van der Waals surface area contributed by atoms with Crippen molar-refractivity contribution in [2.24, 2.45) is 5.92 Å². The molecule has 1 fully saturated rings. The van der Waals surface area contributed by atoms with Crippen molar-refractivity contribution >= 4 is 29.1 Å². The van der Waals surface area contributed by atoms with Crippen molar-refractivity contribution in [2.75, 3.05) is 16.8 Å². The third-order valence-electron chi connectivity index (χ3n) is 5.41. The van der Waals surface area contributed by atoms with Gasteiger partial charge in [0, 0.05) is 31.3 Å². The second-order valence-corrected chi connectivity index (χ2v) is 7.72. The molecule has 0 spiro atoms. The van der Waals surface area contributed by atoms with E-state index in [2.05, 4.69) is 15.6 Å². The Bertz CT molecular complexity index is 1070. The number of benzene rings is 2. The van der Waals surface area contributed by atoms with E-state index < -0.39 is 12.0 Å². The molecule has 2 heterocycles. The summed E-state index contributed by atoms with van der Waals surface area (Å²) in [6.07, 6.45) is 3.62. The summed E-state index contributed by atoms with van der Waals surface area (Å²) in [7, 11) is 0. The first-order valence-electron chi connectivity index (χ1n) is 10.5. The number of nitrogens with one attached hydrogen (secondary N) is 2. The first-order valence-corrected chi connectivity index (χ1v) is 10.5. The van der Waals surface area contributed by atoms with E-state index in [1.165, 1.54) is 0 Å². The Morgan fingerprint density at radius 2 is 1.72 bits per heavy atom. The average molecular weight is 428 g/mol. The molecule has 1 saturated heterocycles. The maximum Gasteiger partial charge on any atom is 0.247 e. The minimum Gasteiger partial charge on any atom is -0.344 e. The normalized spacial score (nSPS) is 16.4. The summed E-state index contributed by atoms with van der Waals surface area (Å²) in [6, 6.07) is 21.5. The highest BCUT2D eigenvalue weighted by Crippen LogP contribution is 2.25. The molecule has 1 aromatic heterocycles. The minimum atomic E-state index is -0.786. The zero-order chi connectivity index (χ0) is 22.3. The molecule has 4 rings (SSSR count). The summed E-state index contributed by atoms with van der Waals surface area (Å²) in [5, 5.41) is 5.68. The summed E-state index contributed by atoms with van der Waals surface area (Å²) >= 11 is 0. The number of hydrogen-bond acceptors (Lipinski definition) is 4. The van der Waals surface area contributed by atoms with Gasteiger partial charge in [-0.3, -0.25) is 19.4 Å². The largest absolute Gasteiger partial charge is 0.344 e. The van der Waals surface area contributed by atoms with Crippen LogP contribution in [0.4, 0.5) is 11.4 Å². The lowest BCUT2D eigenvalue weighted by Gasteiger charge is -2.21. The maximum atomic E-state index is 13.0. The molecule has 0 aliphatic carbocycles. The van der Waals surface area contributed by atoms with Gasteiger partial charge in [-0.25, -0.2) is 0 Å². The number of amides is 3. The van der Waals surface area contributed by atoms with E-state index in [4.69, 9.17) is 0 Å². The number of aromatic nitrogens is 1. The fourth-order valence-electron chi connectivity index (χ4n) is 3.76. The molecule has 0 saturated carbocycles. The first kappa shape index (κ1) is 21.2. The molecule has 3 amide bonds. The first-order chi connectivity index (χ1) is 15.6. The molecule has 3 aromatic rings. The highest BCUT2D eigenvalue weighted by Gasteiger charge is 2.36. The van der Waals surface area contributed by atoms with E-state index in [9.17, 15) is 14.4 Å². The van der Waals surface area contributed by atoms with Gasteiger partial charge in [0.15, 0.2) is 0 Å². The lowest BCUT2D eigenvalue weighted by molar-refractivity contribution is -0.129. The van der Waals surface area contributed by atoms with E-state index >= 15 is 0 Å². The van der Waals surface area contributed by atoms with Crippen LogP contribution < -0.4 is 15.5 Å². The van der Waals surface area contributed by atoms with Gasteiger partial charge >= 0.3 is 0 Å². The molecular weight excluding hydrogens is 404 g/mol. The summed E-state index contributed by atoms with van der Waals surface area (Å²) < 4.78 is 0. The van der Waals surface area contributed by atoms with E-state index in [0.29, 0.717) is 12.1 Å². The Morgan fingerprint density at radius 3 is 2.41 bits per heavy atom. The van der Waals surface area contributed by atoms with Gasteiger partial charge in [-0.2, -0.15) is 0 Å². The predicted molar refractivity (Wildman–Crippen MR) is 122 cm³/mol. The second-order valence-electron chi connectivity index (χ2n) is 7.72. The van der Waals surface area contributed by atoms with Gasteiger partial charge in [0.2, 0.25) is 17.7 Å². The predicted octanol–water partition coefficient (Wildman–Crippen LogP) is 2.80. The van der Waals surface area contributed by atoms with Gasteiger partial charge in [0.25, 0.3) is 0 Å². The van der Waals surface area contributed by atoms with Crippen LogP contribution >= 0.6 is 0 Å². The molecule has 0 radical (unpaired) electrons. The van der Waals surface area contributed by atoms with E-state index in [0.717, 1.165) is 11.3 Å². The van der Waals surface area contributed by atoms with Crippen molar-refractivity contribution in [3.05, 3.63) is 90.8 Å². The molecule has 2 N–H and O–H groups in total. The minimum absolute atomic E-state index is 0.101. The van der Waals surface area contributed by atoms with E-state index in [1.54, 1.807) is 29.4 Å². The molecule has 1 aliphatic rings. The SMILES string of the molecule is O=C(N[C@H](Cc1ccccc1)C(=O)Nc1cccnc1)[C@H]1CC(=O)N(c2ccccc2)C1. The molecule has 2 aromatic carbocycles. The van der Waals surface area contributed by atoms with Crippen molar-refractivity contribution in [2.45, 2.75) is 18.9 Å². The van der Waals surface area contributed by atoms with Crippen LogP contribution in [0.2, 0.25) is 0 Å². The van der Waals surface area contributed by atoms with Crippen LogP contribution in [0.5, 0.6) is 0 Å². The second kappa shape index (κ2) is 9.87. The number of carbonyl (C=O) groups excluding carboxylic acids is 3. The van der Waals surface area contributed by atoms with E-state index in [1.807, 2.05) is 60.7 Å². The van der Waals surface area contributed by atoms with E-state index in [-0.39, 0.29) is 30.7 Å². The summed E-state index contributed by atoms with van der Waals surface area (Å²) in [5.41, 5.74) is 2.24. The lowest BCUT2D eigenvalue weighted by Crippen LogP contribution is -2.47. The van der Waals surface area contributed by atoms with Crippen molar-refractivity contribution in [1.82, 2.24) is 10.3 Å². The Hall–Kier alpha value is -4.00. The van der Waals surface area contributed by atoms with Crippen LogP contribution in [0.25, 0.3) is 0 Å². The third kappa shape index (κ3) is 5.18. The molecule has 2 atom stereocenters. The number of rotatable bonds is 7. The highest BCUT2D eigenvalue weighted by molar-refractivity contribution is 6.02. The van der Waals surface area contributed by atoms with Gasteiger partial charge in [-0.1, -0.05) is 48.5 Å². The topological polar surface area (TPSA) is 91.4 Å². The van der Waals surface area contributed by atoms with Crippen LogP contribution in [-0.2, 0) is 20.8 Å².